The van der Waals surface area contributed by atoms with Gasteiger partial charge in [0.25, 0.3) is 0 Å². The predicted octanol–water partition coefficient (Wildman–Crippen LogP) is 6.41. The van der Waals surface area contributed by atoms with Crippen LogP contribution in [0, 0.1) is 24.7 Å². The number of ether oxygens (including phenoxy) is 2. The SMILES string of the molecule is CC(=O)c1ccc(-n2ccc(OCC(C)(C)C)n2)nc1C.CC(=O)c1ccc(-n2ccc(OCC(C)(C)C)n2)nc1C. The zero-order valence-corrected chi connectivity index (χ0v) is 26.3. The second-order valence-corrected chi connectivity index (χ2v) is 12.6. The van der Waals surface area contributed by atoms with Gasteiger partial charge in [0, 0.05) is 35.7 Å². The lowest BCUT2D eigenvalue weighted by atomic mass is 9.99. The van der Waals surface area contributed by atoms with Gasteiger partial charge >= 0.3 is 0 Å². The van der Waals surface area contributed by atoms with E-state index in [1.807, 2.05) is 26.0 Å². The molecule has 0 N–H and O–H groups in total. The van der Waals surface area contributed by atoms with Crippen LogP contribution < -0.4 is 9.47 Å². The Balaban J connectivity index is 0.000000230. The van der Waals surface area contributed by atoms with E-state index in [-0.39, 0.29) is 22.4 Å². The summed E-state index contributed by atoms with van der Waals surface area (Å²) in [6.45, 7) is 20.5. The normalized spacial score (nSPS) is 11.5. The number of rotatable bonds is 8. The summed E-state index contributed by atoms with van der Waals surface area (Å²) in [4.78, 5) is 31.7. The minimum atomic E-state index is 0.0150. The maximum Gasteiger partial charge on any atom is 0.233 e. The zero-order chi connectivity index (χ0) is 31.2. The summed E-state index contributed by atoms with van der Waals surface area (Å²) in [5, 5.41) is 8.69. The molecule has 10 heteroatoms. The monoisotopic (exact) mass is 574 g/mol. The van der Waals surface area contributed by atoms with Crippen LogP contribution in [0.25, 0.3) is 11.6 Å². The minimum Gasteiger partial charge on any atom is -0.476 e. The largest absolute Gasteiger partial charge is 0.476 e. The predicted molar refractivity (Wildman–Crippen MR) is 162 cm³/mol. The van der Waals surface area contributed by atoms with Crippen LogP contribution in [0.3, 0.4) is 0 Å². The van der Waals surface area contributed by atoms with Crippen LogP contribution in [0.15, 0.2) is 48.8 Å². The third-order valence-electron chi connectivity index (χ3n) is 5.81. The van der Waals surface area contributed by atoms with Crippen LogP contribution in [0.5, 0.6) is 11.8 Å². The van der Waals surface area contributed by atoms with Gasteiger partial charge in [0.05, 0.1) is 24.6 Å². The minimum absolute atomic E-state index is 0.0150. The molecule has 0 bridgehead atoms. The topological polar surface area (TPSA) is 114 Å². The first-order valence-corrected chi connectivity index (χ1v) is 13.9. The van der Waals surface area contributed by atoms with Crippen molar-refractivity contribution in [1.29, 1.82) is 0 Å². The van der Waals surface area contributed by atoms with Gasteiger partial charge in [-0.15, -0.1) is 10.2 Å². The number of hydrogen-bond acceptors (Lipinski definition) is 8. The van der Waals surface area contributed by atoms with Crippen molar-refractivity contribution in [3.63, 3.8) is 0 Å². The van der Waals surface area contributed by atoms with Gasteiger partial charge < -0.3 is 9.47 Å². The van der Waals surface area contributed by atoms with Gasteiger partial charge in [-0.3, -0.25) is 9.59 Å². The van der Waals surface area contributed by atoms with Crippen molar-refractivity contribution in [3.8, 4) is 23.4 Å². The van der Waals surface area contributed by atoms with Crippen molar-refractivity contribution < 1.29 is 19.1 Å². The number of pyridine rings is 2. The summed E-state index contributed by atoms with van der Waals surface area (Å²) >= 11 is 0. The number of carbonyl (C=O) groups excluding carboxylic acids is 2. The Kier molecular flexibility index (Phi) is 10.0. The van der Waals surface area contributed by atoms with Gasteiger partial charge in [0.1, 0.15) is 0 Å². The van der Waals surface area contributed by atoms with Crippen molar-refractivity contribution in [1.82, 2.24) is 29.5 Å². The van der Waals surface area contributed by atoms with Gasteiger partial charge in [0.2, 0.25) is 11.8 Å². The molecule has 224 valence electrons. The van der Waals surface area contributed by atoms with E-state index in [9.17, 15) is 9.59 Å². The van der Waals surface area contributed by atoms with Crippen LogP contribution in [-0.2, 0) is 0 Å². The third-order valence-corrected chi connectivity index (χ3v) is 5.81. The summed E-state index contributed by atoms with van der Waals surface area (Å²) in [6.07, 6.45) is 3.60. The molecule has 4 aromatic heterocycles. The molecule has 0 aliphatic heterocycles. The third kappa shape index (κ3) is 9.36. The van der Waals surface area contributed by atoms with Gasteiger partial charge in [0.15, 0.2) is 23.2 Å². The molecule has 0 saturated carbocycles. The molecule has 0 spiro atoms. The summed E-state index contributed by atoms with van der Waals surface area (Å²) in [7, 11) is 0. The van der Waals surface area contributed by atoms with Crippen molar-refractivity contribution in [2.45, 2.75) is 69.2 Å². The molecule has 0 aromatic carbocycles. The maximum atomic E-state index is 11.4. The lowest BCUT2D eigenvalue weighted by Gasteiger charge is -2.17. The smallest absolute Gasteiger partial charge is 0.233 e. The second kappa shape index (κ2) is 13.1. The van der Waals surface area contributed by atoms with E-state index in [1.165, 1.54) is 13.8 Å². The van der Waals surface area contributed by atoms with E-state index in [2.05, 4.69) is 61.7 Å². The quantitative estimate of drug-likeness (QED) is 0.222. The molecule has 0 amide bonds. The molecule has 4 rings (SSSR count). The molecule has 4 heterocycles. The molecular weight excluding hydrogens is 532 g/mol. The van der Waals surface area contributed by atoms with E-state index in [4.69, 9.17) is 9.47 Å². The van der Waals surface area contributed by atoms with Crippen LogP contribution >= 0.6 is 0 Å². The van der Waals surface area contributed by atoms with Crippen molar-refractivity contribution in [2.24, 2.45) is 10.8 Å². The Morgan fingerprint density at radius 3 is 1.29 bits per heavy atom. The fourth-order valence-corrected chi connectivity index (χ4v) is 3.70. The Bertz CT molecular complexity index is 1420. The van der Waals surface area contributed by atoms with E-state index in [0.717, 1.165) is 0 Å². The Morgan fingerprint density at radius 2 is 1.00 bits per heavy atom. The number of Topliss-reactive ketones (excluding diaryl/α,β-unsaturated/α-hetero) is 2. The highest BCUT2D eigenvalue weighted by Gasteiger charge is 2.14. The Labute approximate surface area is 248 Å². The number of hydrogen-bond donors (Lipinski definition) is 0. The van der Waals surface area contributed by atoms with Crippen LogP contribution in [0.2, 0.25) is 0 Å². The molecule has 0 aliphatic carbocycles. The average molecular weight is 575 g/mol. The molecule has 0 atom stereocenters. The van der Waals surface area contributed by atoms with Gasteiger partial charge in [-0.1, -0.05) is 41.5 Å². The zero-order valence-electron chi connectivity index (χ0n) is 26.3. The highest BCUT2D eigenvalue weighted by atomic mass is 16.5. The average Bonchev–Trinajstić information content (AvgIpc) is 3.55. The fourth-order valence-electron chi connectivity index (χ4n) is 3.70. The van der Waals surface area contributed by atoms with Crippen LogP contribution in [-0.4, -0.2) is 54.3 Å². The first-order chi connectivity index (χ1) is 19.5. The molecule has 4 aromatic rings. The van der Waals surface area contributed by atoms with Crippen LogP contribution in [0.4, 0.5) is 0 Å². The lowest BCUT2D eigenvalue weighted by Crippen LogP contribution is -2.17. The highest BCUT2D eigenvalue weighted by molar-refractivity contribution is 5.95. The first kappa shape index (κ1) is 32.2. The van der Waals surface area contributed by atoms with Crippen molar-refractivity contribution in [3.05, 3.63) is 71.3 Å². The highest BCUT2D eigenvalue weighted by Crippen LogP contribution is 2.19. The van der Waals surface area contributed by atoms with Crippen LogP contribution in [0.1, 0.15) is 87.5 Å². The number of carbonyl (C=O) groups is 2. The van der Waals surface area contributed by atoms with E-state index in [1.54, 1.807) is 46.0 Å². The molecular formula is C32H42N6O4. The summed E-state index contributed by atoms with van der Waals surface area (Å²) in [6, 6.07) is 10.7. The molecule has 0 radical (unpaired) electrons. The molecule has 0 unspecified atom stereocenters. The number of aryl methyl sites for hydroxylation is 2. The molecule has 0 aliphatic rings. The molecule has 0 saturated heterocycles. The standard InChI is InChI=1S/2C16H21N3O2/c2*1-11-13(12(2)20)6-7-14(17-11)19-9-8-15(18-19)21-10-16(3,4)5/h2*6-9H,10H2,1-5H3. The first-order valence-electron chi connectivity index (χ1n) is 13.9. The Morgan fingerprint density at radius 1 is 0.643 bits per heavy atom. The summed E-state index contributed by atoms with van der Waals surface area (Å²) in [5.41, 5.74) is 2.84. The van der Waals surface area contributed by atoms with Crippen molar-refractivity contribution >= 4 is 11.6 Å². The van der Waals surface area contributed by atoms with E-state index in [0.29, 0.717) is 59.1 Å². The number of aromatic nitrogens is 6. The lowest BCUT2D eigenvalue weighted by molar-refractivity contribution is 0.100. The Hall–Kier alpha value is -4.34. The molecule has 0 fully saturated rings. The fraction of sp³-hybridized carbons (Fsp3) is 0.438. The molecule has 10 nitrogen and oxygen atoms in total. The van der Waals surface area contributed by atoms with Gasteiger partial charge in [-0.25, -0.2) is 19.3 Å². The van der Waals surface area contributed by atoms with E-state index >= 15 is 0 Å². The van der Waals surface area contributed by atoms with Gasteiger partial charge in [-0.2, -0.15) is 0 Å². The maximum absolute atomic E-state index is 11.4. The second-order valence-electron chi connectivity index (χ2n) is 12.6. The molecule has 42 heavy (non-hydrogen) atoms. The van der Waals surface area contributed by atoms with Gasteiger partial charge in [-0.05, 0) is 62.8 Å². The number of nitrogens with zero attached hydrogens (tertiary/aromatic N) is 6. The van der Waals surface area contributed by atoms with E-state index < -0.39 is 0 Å². The summed E-state index contributed by atoms with van der Waals surface area (Å²) < 4.78 is 14.6. The van der Waals surface area contributed by atoms with Crippen molar-refractivity contribution in [2.75, 3.05) is 13.2 Å². The summed E-state index contributed by atoms with van der Waals surface area (Å²) in [5.74, 6) is 2.51. The number of ketones is 2.